The second kappa shape index (κ2) is 11.3. The molecule has 0 heterocycles. The van der Waals surface area contributed by atoms with Crippen LogP contribution in [0.2, 0.25) is 0 Å². The van der Waals surface area contributed by atoms with Gasteiger partial charge in [0.25, 0.3) is 0 Å². The number of hydrogen-bond acceptors (Lipinski definition) is 6. The quantitative estimate of drug-likeness (QED) is 0.221. The first-order valence-corrected chi connectivity index (χ1v) is 10.4. The van der Waals surface area contributed by atoms with E-state index in [-0.39, 0.29) is 0 Å². The third kappa shape index (κ3) is 7.70. The van der Waals surface area contributed by atoms with Gasteiger partial charge in [0.2, 0.25) is 0 Å². The van der Waals surface area contributed by atoms with Crippen molar-refractivity contribution in [2.75, 3.05) is 10.6 Å². The van der Waals surface area contributed by atoms with E-state index in [4.69, 9.17) is 0 Å². The number of nitrogens with one attached hydrogen (secondary N) is 2. The zero-order chi connectivity index (χ0) is 20.5. The first-order chi connectivity index (χ1) is 13.3. The van der Waals surface area contributed by atoms with Gasteiger partial charge in [-0.15, -0.1) is 0 Å². The number of rotatable bonds is 5. The van der Waals surface area contributed by atoms with Crippen molar-refractivity contribution in [1.29, 1.82) is 0 Å². The molecule has 0 aromatic heterocycles. The smallest absolute Gasteiger partial charge is 0.298 e. The molecule has 2 aromatic carbocycles. The lowest BCUT2D eigenvalue weighted by atomic mass is 10.3. The van der Waals surface area contributed by atoms with Crippen LogP contribution < -0.4 is 10.6 Å². The Morgan fingerprint density at radius 1 is 0.750 bits per heavy atom. The van der Waals surface area contributed by atoms with Crippen LogP contribution in [0.4, 0.5) is 21.0 Å². The van der Waals surface area contributed by atoms with E-state index in [1.54, 1.807) is 36.4 Å². The van der Waals surface area contributed by atoms with Crippen LogP contribution in [0.25, 0.3) is 0 Å². The van der Waals surface area contributed by atoms with E-state index in [2.05, 4.69) is 94.3 Å². The van der Waals surface area contributed by atoms with Gasteiger partial charge in [-0.3, -0.25) is 20.3 Å². The van der Waals surface area contributed by atoms with Gasteiger partial charge in [0.1, 0.15) is 0 Å². The molecule has 0 aliphatic heterocycles. The number of amides is 2. The fourth-order valence-corrected chi connectivity index (χ4v) is 3.95. The van der Waals surface area contributed by atoms with Crippen molar-refractivity contribution >= 4 is 99.7 Å². The number of benzene rings is 2. The van der Waals surface area contributed by atoms with Crippen LogP contribution in [0.1, 0.15) is 0 Å². The number of carbonyl (C=O) groups excluding carboxylic acids is 2. The second-order valence-corrected chi connectivity index (χ2v) is 8.30. The van der Waals surface area contributed by atoms with Crippen LogP contribution in [0.15, 0.2) is 64.6 Å². The van der Waals surface area contributed by atoms with E-state index in [0.29, 0.717) is 20.3 Å². The van der Waals surface area contributed by atoms with Gasteiger partial charge in [-0.05, 0) is 68.3 Å². The summed E-state index contributed by atoms with van der Waals surface area (Å²) >= 11 is 13.2. The van der Waals surface area contributed by atoms with Gasteiger partial charge in [-0.25, -0.2) is 9.59 Å². The molecule has 0 spiro atoms. The zero-order valence-corrected chi connectivity index (χ0v) is 20.0. The standard InChI is InChI=1S/C16H10Br4N4O4/c17-9-1-3-13(11(19)7-9)23-15(25)27-21-5-6-22-28-16(26)24-14-4-2-10(18)8-12(14)20/h1-8H,(H,23,25)(H,24,26)/b21-5+,22-6+. The molecule has 28 heavy (non-hydrogen) atoms. The Kier molecular flexibility index (Phi) is 9.09. The Bertz CT molecular complexity index is 861. The summed E-state index contributed by atoms with van der Waals surface area (Å²) in [4.78, 5) is 32.4. The third-order valence-electron chi connectivity index (χ3n) is 2.80. The topological polar surface area (TPSA) is 101 Å². The molecule has 146 valence electrons. The first kappa shape index (κ1) is 22.5. The molecule has 0 bridgehead atoms. The summed E-state index contributed by atoms with van der Waals surface area (Å²) in [5.74, 6) is 0. The highest BCUT2D eigenvalue weighted by molar-refractivity contribution is 9.11. The van der Waals surface area contributed by atoms with Gasteiger partial charge in [0.15, 0.2) is 0 Å². The molecule has 0 fully saturated rings. The SMILES string of the molecule is O=C(Nc1ccc(Br)cc1Br)O/N=C/C=N/OC(=O)Nc1ccc(Br)cc1Br. The molecule has 12 heteroatoms. The number of anilines is 2. The van der Waals surface area contributed by atoms with Crippen LogP contribution >= 0.6 is 63.7 Å². The molecule has 2 amide bonds. The summed E-state index contributed by atoms with van der Waals surface area (Å²) in [5.41, 5.74) is 1.02. The molecule has 0 radical (unpaired) electrons. The highest BCUT2D eigenvalue weighted by Gasteiger charge is 2.07. The van der Waals surface area contributed by atoms with E-state index >= 15 is 0 Å². The molecule has 0 saturated heterocycles. The normalized spacial score (nSPS) is 10.9. The lowest BCUT2D eigenvalue weighted by molar-refractivity contribution is 0.165. The van der Waals surface area contributed by atoms with Gasteiger partial charge in [-0.1, -0.05) is 42.2 Å². The fraction of sp³-hybridized carbons (Fsp3) is 0. The fourth-order valence-electron chi connectivity index (χ4n) is 1.66. The van der Waals surface area contributed by atoms with E-state index in [9.17, 15) is 9.59 Å². The van der Waals surface area contributed by atoms with Crippen LogP contribution in [-0.2, 0) is 9.68 Å². The number of hydrogen-bond donors (Lipinski definition) is 2. The molecule has 0 saturated carbocycles. The van der Waals surface area contributed by atoms with E-state index < -0.39 is 12.2 Å². The number of oxime groups is 2. The Morgan fingerprint density at radius 2 is 1.14 bits per heavy atom. The second-order valence-electron chi connectivity index (χ2n) is 4.76. The Labute approximate surface area is 193 Å². The highest BCUT2D eigenvalue weighted by Crippen LogP contribution is 2.27. The molecular formula is C16H10Br4N4O4. The van der Waals surface area contributed by atoms with Gasteiger partial charge in [0.05, 0.1) is 23.8 Å². The lowest BCUT2D eigenvalue weighted by Gasteiger charge is -2.05. The Hall–Kier alpha value is -1.76. The molecule has 0 atom stereocenters. The molecule has 0 aliphatic rings. The summed E-state index contributed by atoms with van der Waals surface area (Å²) in [6.07, 6.45) is 0.482. The van der Waals surface area contributed by atoms with Crippen molar-refractivity contribution in [2.45, 2.75) is 0 Å². The molecule has 2 aromatic rings. The largest absolute Gasteiger partial charge is 0.437 e. The van der Waals surface area contributed by atoms with Gasteiger partial charge in [-0.2, -0.15) is 0 Å². The summed E-state index contributed by atoms with van der Waals surface area (Å²) in [6, 6.07) is 10.4. The average molecular weight is 642 g/mol. The summed E-state index contributed by atoms with van der Waals surface area (Å²) in [7, 11) is 0. The summed E-state index contributed by atoms with van der Waals surface area (Å²) in [6.45, 7) is 0. The monoisotopic (exact) mass is 638 g/mol. The summed E-state index contributed by atoms with van der Waals surface area (Å²) < 4.78 is 3.04. The third-order valence-corrected chi connectivity index (χ3v) is 5.09. The maximum Gasteiger partial charge on any atom is 0.437 e. The maximum absolute atomic E-state index is 11.6. The highest BCUT2D eigenvalue weighted by atomic mass is 79.9. The molecular weight excluding hydrogens is 632 g/mol. The molecule has 0 aliphatic carbocycles. The van der Waals surface area contributed by atoms with Crippen LogP contribution in [0, 0.1) is 0 Å². The van der Waals surface area contributed by atoms with E-state index in [1.165, 1.54) is 0 Å². The minimum atomic E-state index is -0.800. The average Bonchev–Trinajstić information content (AvgIpc) is 2.63. The van der Waals surface area contributed by atoms with Crippen molar-refractivity contribution in [3.8, 4) is 0 Å². The van der Waals surface area contributed by atoms with Crippen LogP contribution in [0.5, 0.6) is 0 Å². The van der Waals surface area contributed by atoms with E-state index in [0.717, 1.165) is 21.4 Å². The van der Waals surface area contributed by atoms with Gasteiger partial charge in [0, 0.05) is 17.9 Å². The Morgan fingerprint density at radius 3 is 1.50 bits per heavy atom. The molecule has 2 N–H and O–H groups in total. The van der Waals surface area contributed by atoms with Crippen molar-refractivity contribution in [3.05, 3.63) is 54.3 Å². The number of halogens is 4. The predicted octanol–water partition coefficient (Wildman–Crippen LogP) is 6.51. The number of nitrogens with zero attached hydrogens (tertiary/aromatic N) is 2. The van der Waals surface area contributed by atoms with Crippen molar-refractivity contribution < 1.29 is 19.3 Å². The van der Waals surface area contributed by atoms with Crippen molar-refractivity contribution in [3.63, 3.8) is 0 Å². The minimum absolute atomic E-state index is 0.510. The summed E-state index contributed by atoms with van der Waals surface area (Å²) in [5, 5.41) is 11.8. The van der Waals surface area contributed by atoms with Gasteiger partial charge < -0.3 is 0 Å². The molecule has 2 rings (SSSR count). The zero-order valence-electron chi connectivity index (χ0n) is 13.7. The molecule has 0 unspecified atom stereocenters. The minimum Gasteiger partial charge on any atom is -0.298 e. The van der Waals surface area contributed by atoms with Gasteiger partial charge >= 0.3 is 12.2 Å². The van der Waals surface area contributed by atoms with Crippen LogP contribution in [0.3, 0.4) is 0 Å². The first-order valence-electron chi connectivity index (χ1n) is 7.26. The van der Waals surface area contributed by atoms with Crippen molar-refractivity contribution in [1.82, 2.24) is 0 Å². The van der Waals surface area contributed by atoms with E-state index in [1.807, 2.05) is 0 Å². The lowest BCUT2D eigenvalue weighted by Crippen LogP contribution is -2.12. The van der Waals surface area contributed by atoms with Crippen LogP contribution in [-0.4, -0.2) is 24.6 Å². The maximum atomic E-state index is 11.6. The van der Waals surface area contributed by atoms with Crippen molar-refractivity contribution in [2.24, 2.45) is 10.3 Å². The number of carbonyl (C=O) groups is 2. The molecule has 8 nitrogen and oxygen atoms in total. The Balaban J connectivity index is 1.73. The predicted molar refractivity (Wildman–Crippen MR) is 121 cm³/mol.